The number of aromatic hydroxyl groups is 1. The van der Waals surface area contributed by atoms with E-state index in [0.29, 0.717) is 23.1 Å². The van der Waals surface area contributed by atoms with Crippen LogP contribution in [-0.4, -0.2) is 38.5 Å². The van der Waals surface area contributed by atoms with Gasteiger partial charge in [0.15, 0.2) is 23.1 Å². The summed E-state index contributed by atoms with van der Waals surface area (Å²) < 4.78 is 0. The van der Waals surface area contributed by atoms with Gasteiger partial charge in [0, 0.05) is 23.1 Å². The summed E-state index contributed by atoms with van der Waals surface area (Å²) in [5, 5.41) is 33.0. The smallest absolute Gasteiger partial charge is 0.173 e. The minimum atomic E-state index is -1.09. The summed E-state index contributed by atoms with van der Waals surface area (Å²) in [6.07, 6.45) is 0.532. The highest BCUT2D eigenvalue weighted by Crippen LogP contribution is 2.52. The fourth-order valence-electron chi connectivity index (χ4n) is 5.71. The van der Waals surface area contributed by atoms with Crippen molar-refractivity contribution in [3.63, 3.8) is 0 Å². The number of hydrogen-bond donors (Lipinski definition) is 3. The zero-order chi connectivity index (χ0) is 24.6. The molecular formula is C26H28O7. The highest BCUT2D eigenvalue weighted by Gasteiger charge is 2.51. The number of benzene rings is 1. The maximum atomic E-state index is 13.5. The Balaban J connectivity index is 1.96. The van der Waals surface area contributed by atoms with Gasteiger partial charge in [-0.25, -0.2) is 0 Å². The van der Waals surface area contributed by atoms with Gasteiger partial charge in [-0.15, -0.1) is 0 Å². The van der Waals surface area contributed by atoms with Crippen molar-refractivity contribution in [3.05, 3.63) is 45.2 Å². The molecule has 0 aromatic heterocycles. The quantitative estimate of drug-likeness (QED) is 0.458. The van der Waals surface area contributed by atoms with Crippen molar-refractivity contribution in [1.29, 1.82) is 0 Å². The van der Waals surface area contributed by atoms with Crippen LogP contribution in [0.1, 0.15) is 74.5 Å². The third-order valence-corrected chi connectivity index (χ3v) is 7.18. The average molecular weight is 453 g/mol. The van der Waals surface area contributed by atoms with Gasteiger partial charge < -0.3 is 15.3 Å². The molecule has 3 atom stereocenters. The predicted octanol–water partition coefficient (Wildman–Crippen LogP) is 3.91. The molecule has 1 fully saturated rings. The Morgan fingerprint density at radius 3 is 2.18 bits per heavy atom. The van der Waals surface area contributed by atoms with E-state index in [1.165, 1.54) is 13.8 Å². The van der Waals surface area contributed by atoms with Gasteiger partial charge in [0.25, 0.3) is 0 Å². The first-order valence-electron chi connectivity index (χ1n) is 11.1. The normalized spacial score (nSPS) is 24.9. The van der Waals surface area contributed by atoms with Crippen LogP contribution >= 0.6 is 0 Å². The van der Waals surface area contributed by atoms with Crippen molar-refractivity contribution in [1.82, 2.24) is 0 Å². The summed E-state index contributed by atoms with van der Waals surface area (Å²) in [5.74, 6) is -5.01. The summed E-state index contributed by atoms with van der Waals surface area (Å²) in [7, 11) is 0. The molecule has 3 aliphatic carbocycles. The molecule has 7 heteroatoms. The number of carbonyl (C=O) groups excluding carboxylic acids is 4. The van der Waals surface area contributed by atoms with Crippen LogP contribution < -0.4 is 0 Å². The van der Waals surface area contributed by atoms with Crippen LogP contribution in [0.3, 0.4) is 0 Å². The molecule has 0 aliphatic heterocycles. The zero-order valence-electron chi connectivity index (χ0n) is 19.4. The largest absolute Gasteiger partial charge is 0.511 e. The van der Waals surface area contributed by atoms with Crippen LogP contribution in [0.4, 0.5) is 0 Å². The summed E-state index contributed by atoms with van der Waals surface area (Å²) in [4.78, 5) is 50.4. The van der Waals surface area contributed by atoms with E-state index in [2.05, 4.69) is 0 Å². The van der Waals surface area contributed by atoms with E-state index >= 15 is 0 Å². The van der Waals surface area contributed by atoms with Crippen molar-refractivity contribution in [3.8, 4) is 5.75 Å². The molecule has 3 aliphatic rings. The number of carbonyl (C=O) groups is 4. The highest BCUT2D eigenvalue weighted by atomic mass is 16.3. The fourth-order valence-corrected chi connectivity index (χ4v) is 5.71. The van der Waals surface area contributed by atoms with Crippen LogP contribution in [0.2, 0.25) is 0 Å². The van der Waals surface area contributed by atoms with E-state index in [1.807, 2.05) is 20.8 Å². The van der Waals surface area contributed by atoms with E-state index in [0.717, 1.165) is 0 Å². The van der Waals surface area contributed by atoms with Gasteiger partial charge in [-0.3, -0.25) is 19.2 Å². The molecule has 3 N–H and O–H groups in total. The number of ketones is 4. The number of rotatable bonds is 2. The average Bonchev–Trinajstić information content (AvgIpc) is 2.65. The number of phenolic OH excluding ortho intramolecular Hbond substituents is 1. The zero-order valence-corrected chi connectivity index (χ0v) is 19.4. The van der Waals surface area contributed by atoms with E-state index in [-0.39, 0.29) is 41.1 Å². The topological polar surface area (TPSA) is 129 Å². The van der Waals surface area contributed by atoms with Gasteiger partial charge >= 0.3 is 0 Å². The van der Waals surface area contributed by atoms with Crippen LogP contribution in [0.25, 0.3) is 5.76 Å². The van der Waals surface area contributed by atoms with Crippen molar-refractivity contribution in [2.45, 2.75) is 59.3 Å². The van der Waals surface area contributed by atoms with Gasteiger partial charge in [-0.2, -0.15) is 0 Å². The van der Waals surface area contributed by atoms with Gasteiger partial charge in [-0.1, -0.05) is 20.8 Å². The van der Waals surface area contributed by atoms with Gasteiger partial charge in [0.05, 0.1) is 17.1 Å². The Labute approximate surface area is 191 Å². The molecule has 1 aromatic carbocycles. The molecule has 0 heterocycles. The summed E-state index contributed by atoms with van der Waals surface area (Å²) in [6, 6.07) is 1.65. The Morgan fingerprint density at radius 2 is 1.64 bits per heavy atom. The number of phenols is 1. The summed E-state index contributed by atoms with van der Waals surface area (Å²) in [5.41, 5.74) is 0.606. The van der Waals surface area contributed by atoms with E-state index in [1.54, 1.807) is 6.07 Å². The third kappa shape index (κ3) is 3.33. The molecule has 1 saturated carbocycles. The van der Waals surface area contributed by atoms with Crippen LogP contribution in [0, 0.1) is 17.8 Å². The lowest BCUT2D eigenvalue weighted by Gasteiger charge is -2.41. The Kier molecular flexibility index (Phi) is 5.15. The molecule has 1 aromatic rings. The standard InChI is InChI=1S/C26H28O7/c1-10(27)14-9-16(26(3,4)5)22(30)21-15(14)7-12-6-13-8-17(29)18(11(2)28)23(31)20(13)24(32)19(12)25(21)33/h9,12-13,20,30-31,33H,6-8H2,1-5H3. The molecular weight excluding hydrogens is 424 g/mol. The Morgan fingerprint density at radius 1 is 1.00 bits per heavy atom. The second-order valence-corrected chi connectivity index (χ2v) is 10.4. The minimum Gasteiger partial charge on any atom is -0.511 e. The second kappa shape index (κ2) is 7.40. The fraction of sp³-hybridized carbons (Fsp3) is 0.462. The predicted molar refractivity (Wildman–Crippen MR) is 120 cm³/mol. The SMILES string of the molecule is CC(=O)C1=C(O)C2C(=O)C3=C(O)c4c(O)c(C(C)(C)C)cc(C(C)=O)c4CC3CC2CC1=O. The Bertz CT molecular complexity index is 1210. The summed E-state index contributed by atoms with van der Waals surface area (Å²) >= 11 is 0. The first kappa shape index (κ1) is 23.0. The lowest BCUT2D eigenvalue weighted by molar-refractivity contribution is -0.127. The molecule has 33 heavy (non-hydrogen) atoms. The summed E-state index contributed by atoms with van der Waals surface area (Å²) in [6.45, 7) is 8.20. The maximum Gasteiger partial charge on any atom is 0.173 e. The number of allylic oxidation sites excluding steroid dienone is 3. The minimum absolute atomic E-state index is 0.0411. The van der Waals surface area contributed by atoms with E-state index in [9.17, 15) is 34.5 Å². The van der Waals surface area contributed by atoms with Crippen molar-refractivity contribution in [2.24, 2.45) is 17.8 Å². The van der Waals surface area contributed by atoms with Gasteiger partial charge in [-0.05, 0) is 55.6 Å². The number of aliphatic hydroxyl groups excluding tert-OH is 2. The van der Waals surface area contributed by atoms with Crippen LogP contribution in [-0.2, 0) is 26.2 Å². The monoisotopic (exact) mass is 452 g/mol. The first-order valence-corrected chi connectivity index (χ1v) is 11.1. The van der Waals surface area contributed by atoms with Crippen molar-refractivity contribution in [2.75, 3.05) is 0 Å². The molecule has 7 nitrogen and oxygen atoms in total. The molecule has 0 amide bonds. The van der Waals surface area contributed by atoms with Gasteiger partial charge in [0.1, 0.15) is 17.3 Å². The molecule has 0 saturated heterocycles. The third-order valence-electron chi connectivity index (χ3n) is 7.18. The van der Waals surface area contributed by atoms with Crippen molar-refractivity contribution >= 4 is 28.9 Å². The molecule has 0 bridgehead atoms. The number of hydrogen-bond acceptors (Lipinski definition) is 7. The van der Waals surface area contributed by atoms with E-state index in [4.69, 9.17) is 0 Å². The van der Waals surface area contributed by atoms with Crippen molar-refractivity contribution < 1.29 is 34.5 Å². The lowest BCUT2D eigenvalue weighted by atomic mass is 9.61. The number of Topliss-reactive ketones (excluding diaryl/α,β-unsaturated/α-hetero) is 4. The second-order valence-electron chi connectivity index (χ2n) is 10.4. The molecule has 0 radical (unpaired) electrons. The highest BCUT2D eigenvalue weighted by molar-refractivity contribution is 6.22. The van der Waals surface area contributed by atoms with E-state index < -0.39 is 52.0 Å². The van der Waals surface area contributed by atoms with Gasteiger partial charge in [0.2, 0.25) is 0 Å². The molecule has 4 rings (SSSR count). The maximum absolute atomic E-state index is 13.5. The molecule has 0 spiro atoms. The Hall–Kier alpha value is -3.22. The van der Waals surface area contributed by atoms with Crippen LogP contribution in [0.5, 0.6) is 5.75 Å². The number of fused-ring (bicyclic) bond motifs is 3. The lowest BCUT2D eigenvalue weighted by Crippen LogP contribution is -2.44. The molecule has 174 valence electrons. The molecule has 3 unspecified atom stereocenters. The van der Waals surface area contributed by atoms with Crippen LogP contribution in [0.15, 0.2) is 23.0 Å². The first-order chi connectivity index (χ1) is 15.3. The number of aliphatic hydroxyl groups is 2.